The maximum atomic E-state index is 6.19. The zero-order chi connectivity index (χ0) is 13.1. The van der Waals surface area contributed by atoms with Gasteiger partial charge in [-0.05, 0) is 38.5 Å². The lowest BCUT2D eigenvalue weighted by Gasteiger charge is -2.14. The number of likely N-dealkylation sites (tertiary alicyclic amines) is 1. The molecule has 96 valence electrons. The number of benzene rings is 1. The van der Waals surface area contributed by atoms with Gasteiger partial charge in [0, 0.05) is 23.6 Å². The van der Waals surface area contributed by atoms with Crippen LogP contribution >= 0.6 is 27.5 Å². The molecule has 1 fully saturated rings. The molecule has 1 aromatic carbocycles. The lowest BCUT2D eigenvalue weighted by Crippen LogP contribution is -2.18. The van der Waals surface area contributed by atoms with E-state index in [2.05, 4.69) is 45.9 Å². The van der Waals surface area contributed by atoms with Gasteiger partial charge in [0.05, 0.1) is 10.7 Å². The van der Waals surface area contributed by atoms with Gasteiger partial charge in [0.1, 0.15) is 5.84 Å². The maximum absolute atomic E-state index is 6.19. The molecule has 0 radical (unpaired) electrons. The molecular formula is C14H16BrClN2. The zero-order valence-corrected chi connectivity index (χ0v) is 12.9. The van der Waals surface area contributed by atoms with Crippen molar-refractivity contribution < 1.29 is 0 Å². The molecule has 4 heteroatoms. The standard InChI is InChI=1S/C14H16BrClN2/c1-10(2)9-18-7-3-4-14(18)17-13-6-5-11(15)8-12(13)16/h5-6,8-9H,3-4,7H2,1-2H3. The Morgan fingerprint density at radius 2 is 2.22 bits per heavy atom. The molecular weight excluding hydrogens is 312 g/mol. The second-order valence-electron chi connectivity index (χ2n) is 4.63. The van der Waals surface area contributed by atoms with E-state index in [9.17, 15) is 0 Å². The number of rotatable bonds is 2. The molecule has 0 amide bonds. The van der Waals surface area contributed by atoms with Crippen LogP contribution in [0.25, 0.3) is 0 Å². The predicted octanol–water partition coefficient (Wildman–Crippen LogP) is 5.15. The van der Waals surface area contributed by atoms with E-state index in [0.717, 1.165) is 35.4 Å². The molecule has 1 aromatic rings. The van der Waals surface area contributed by atoms with Crippen LogP contribution in [0, 0.1) is 0 Å². The minimum absolute atomic E-state index is 0.681. The first-order valence-corrected chi connectivity index (χ1v) is 7.17. The molecule has 1 heterocycles. The second-order valence-corrected chi connectivity index (χ2v) is 5.95. The van der Waals surface area contributed by atoms with Gasteiger partial charge >= 0.3 is 0 Å². The highest BCUT2D eigenvalue weighted by molar-refractivity contribution is 9.10. The van der Waals surface area contributed by atoms with Gasteiger partial charge in [-0.15, -0.1) is 0 Å². The predicted molar refractivity (Wildman–Crippen MR) is 81.6 cm³/mol. The fourth-order valence-electron chi connectivity index (χ4n) is 1.96. The van der Waals surface area contributed by atoms with E-state index in [1.165, 1.54) is 5.57 Å². The largest absolute Gasteiger partial charge is 0.337 e. The van der Waals surface area contributed by atoms with Gasteiger partial charge < -0.3 is 4.90 Å². The zero-order valence-electron chi connectivity index (χ0n) is 10.6. The fraction of sp³-hybridized carbons (Fsp3) is 0.357. The van der Waals surface area contributed by atoms with E-state index in [1.54, 1.807) is 0 Å². The summed E-state index contributed by atoms with van der Waals surface area (Å²) in [6, 6.07) is 5.78. The molecule has 0 spiro atoms. The number of allylic oxidation sites excluding steroid dienone is 1. The Morgan fingerprint density at radius 1 is 1.44 bits per heavy atom. The van der Waals surface area contributed by atoms with Gasteiger partial charge in [0.2, 0.25) is 0 Å². The summed E-state index contributed by atoms with van der Waals surface area (Å²) in [5, 5.41) is 0.681. The minimum atomic E-state index is 0.681. The van der Waals surface area contributed by atoms with Crippen LogP contribution in [-0.4, -0.2) is 17.3 Å². The third-order valence-corrected chi connectivity index (χ3v) is 3.50. The van der Waals surface area contributed by atoms with E-state index in [1.807, 2.05) is 18.2 Å². The van der Waals surface area contributed by atoms with Gasteiger partial charge in [0.15, 0.2) is 0 Å². The second kappa shape index (κ2) is 5.89. The molecule has 1 aliphatic heterocycles. The maximum Gasteiger partial charge on any atom is 0.109 e. The lowest BCUT2D eigenvalue weighted by atomic mass is 10.3. The quantitative estimate of drug-likeness (QED) is 0.733. The van der Waals surface area contributed by atoms with Crippen LogP contribution in [0.5, 0.6) is 0 Å². The molecule has 0 bridgehead atoms. The summed E-state index contributed by atoms with van der Waals surface area (Å²) in [7, 11) is 0. The Kier molecular flexibility index (Phi) is 4.46. The van der Waals surface area contributed by atoms with E-state index in [4.69, 9.17) is 11.6 Å². The van der Waals surface area contributed by atoms with Crippen LogP contribution in [0.4, 0.5) is 5.69 Å². The Balaban J connectivity index is 2.29. The van der Waals surface area contributed by atoms with Crippen LogP contribution in [0.2, 0.25) is 5.02 Å². The number of amidine groups is 1. The third-order valence-electron chi connectivity index (χ3n) is 2.70. The summed E-state index contributed by atoms with van der Waals surface area (Å²) in [6.07, 6.45) is 4.31. The first kappa shape index (κ1) is 13.6. The van der Waals surface area contributed by atoms with Crippen molar-refractivity contribution in [1.82, 2.24) is 4.90 Å². The molecule has 0 saturated carbocycles. The Morgan fingerprint density at radius 3 is 2.89 bits per heavy atom. The SMILES string of the molecule is CC(C)=CN1CCCC1=Nc1ccc(Br)cc1Cl. The Hall–Kier alpha value is -0.800. The van der Waals surface area contributed by atoms with Crippen LogP contribution in [0.3, 0.4) is 0 Å². The smallest absolute Gasteiger partial charge is 0.109 e. The number of hydrogen-bond acceptors (Lipinski definition) is 1. The number of hydrogen-bond donors (Lipinski definition) is 0. The van der Waals surface area contributed by atoms with Crippen molar-refractivity contribution in [3.05, 3.63) is 39.5 Å². The molecule has 0 unspecified atom stereocenters. The molecule has 1 aliphatic rings. The Bertz CT molecular complexity index is 505. The highest BCUT2D eigenvalue weighted by atomic mass is 79.9. The monoisotopic (exact) mass is 326 g/mol. The highest BCUT2D eigenvalue weighted by Gasteiger charge is 2.17. The van der Waals surface area contributed by atoms with Gasteiger partial charge in [-0.2, -0.15) is 0 Å². The third kappa shape index (κ3) is 3.36. The summed E-state index contributed by atoms with van der Waals surface area (Å²) in [5.41, 5.74) is 2.12. The molecule has 0 aromatic heterocycles. The fourth-order valence-corrected chi connectivity index (χ4v) is 2.68. The van der Waals surface area contributed by atoms with E-state index in [0.29, 0.717) is 5.02 Å². The number of halogens is 2. The summed E-state index contributed by atoms with van der Waals surface area (Å²) in [6.45, 7) is 5.24. The van der Waals surface area contributed by atoms with Crippen LogP contribution in [-0.2, 0) is 0 Å². The summed E-state index contributed by atoms with van der Waals surface area (Å²) < 4.78 is 0.976. The summed E-state index contributed by atoms with van der Waals surface area (Å²) >= 11 is 9.59. The van der Waals surface area contributed by atoms with Gasteiger partial charge in [-0.3, -0.25) is 0 Å². The van der Waals surface area contributed by atoms with Crippen molar-refractivity contribution >= 4 is 39.1 Å². The molecule has 0 aliphatic carbocycles. The molecule has 2 nitrogen and oxygen atoms in total. The average Bonchev–Trinajstić information content (AvgIpc) is 2.69. The lowest BCUT2D eigenvalue weighted by molar-refractivity contribution is 0.598. The molecule has 0 N–H and O–H groups in total. The van der Waals surface area contributed by atoms with E-state index < -0.39 is 0 Å². The number of nitrogens with zero attached hydrogens (tertiary/aromatic N) is 2. The number of aliphatic imine (C=N–C) groups is 1. The molecule has 18 heavy (non-hydrogen) atoms. The van der Waals surface area contributed by atoms with Gasteiger partial charge in [-0.25, -0.2) is 4.99 Å². The van der Waals surface area contributed by atoms with Crippen molar-refractivity contribution in [2.45, 2.75) is 26.7 Å². The first-order valence-electron chi connectivity index (χ1n) is 6.00. The summed E-state index contributed by atoms with van der Waals surface area (Å²) in [5.74, 6) is 1.10. The van der Waals surface area contributed by atoms with Crippen molar-refractivity contribution in [2.24, 2.45) is 4.99 Å². The van der Waals surface area contributed by atoms with Crippen molar-refractivity contribution in [3.63, 3.8) is 0 Å². The van der Waals surface area contributed by atoms with E-state index >= 15 is 0 Å². The molecule has 2 rings (SSSR count). The highest BCUT2D eigenvalue weighted by Crippen LogP contribution is 2.29. The topological polar surface area (TPSA) is 15.6 Å². The van der Waals surface area contributed by atoms with Crippen LogP contribution in [0.1, 0.15) is 26.7 Å². The average molecular weight is 328 g/mol. The van der Waals surface area contributed by atoms with E-state index in [-0.39, 0.29) is 0 Å². The van der Waals surface area contributed by atoms with Crippen molar-refractivity contribution in [2.75, 3.05) is 6.54 Å². The van der Waals surface area contributed by atoms with Crippen molar-refractivity contribution in [3.8, 4) is 0 Å². The van der Waals surface area contributed by atoms with Gasteiger partial charge in [0.25, 0.3) is 0 Å². The van der Waals surface area contributed by atoms with Gasteiger partial charge in [-0.1, -0.05) is 33.1 Å². The normalized spacial score (nSPS) is 17.3. The van der Waals surface area contributed by atoms with Crippen molar-refractivity contribution in [1.29, 1.82) is 0 Å². The molecule has 1 saturated heterocycles. The minimum Gasteiger partial charge on any atom is -0.337 e. The summed E-state index contributed by atoms with van der Waals surface area (Å²) in [4.78, 5) is 6.89. The van der Waals surface area contributed by atoms with Crippen LogP contribution in [0.15, 0.2) is 39.4 Å². The molecule has 0 atom stereocenters. The first-order chi connectivity index (χ1) is 8.56. The van der Waals surface area contributed by atoms with Crippen LogP contribution < -0.4 is 0 Å². The Labute approximate surface area is 121 Å².